The van der Waals surface area contributed by atoms with Gasteiger partial charge in [0.15, 0.2) is 5.82 Å². The number of aromatic nitrogens is 2. The number of hydrogen-bond acceptors (Lipinski definition) is 6. The van der Waals surface area contributed by atoms with Crippen molar-refractivity contribution in [2.24, 2.45) is 0 Å². The fourth-order valence-electron chi connectivity index (χ4n) is 4.06. The smallest absolute Gasteiger partial charge is 0.237 e. The van der Waals surface area contributed by atoms with Gasteiger partial charge in [-0.05, 0) is 33.4 Å². The van der Waals surface area contributed by atoms with Crippen LogP contribution >= 0.6 is 0 Å². The summed E-state index contributed by atoms with van der Waals surface area (Å²) in [4.78, 5) is 42.1. The van der Waals surface area contributed by atoms with Crippen molar-refractivity contribution >= 4 is 17.6 Å². The van der Waals surface area contributed by atoms with Gasteiger partial charge in [0.2, 0.25) is 11.8 Å². The molecule has 0 N–H and O–H groups in total. The molecule has 3 rings (SSSR count). The Balaban J connectivity index is 1.96. The molecule has 0 radical (unpaired) electrons. The molecule has 0 bridgehead atoms. The molecule has 3 heterocycles. The van der Waals surface area contributed by atoms with Crippen LogP contribution in [0.15, 0.2) is 0 Å². The third-order valence-corrected chi connectivity index (χ3v) is 5.50. The molecule has 8 nitrogen and oxygen atoms in total. The lowest BCUT2D eigenvalue weighted by atomic mass is 9.99. The lowest BCUT2D eigenvalue weighted by molar-refractivity contribution is -0.136. The van der Waals surface area contributed by atoms with Crippen molar-refractivity contribution in [3.63, 3.8) is 0 Å². The van der Waals surface area contributed by atoms with Crippen LogP contribution in [0.4, 0.5) is 5.82 Å². The monoisotopic (exact) mass is 388 g/mol. The predicted molar refractivity (Wildman–Crippen MR) is 108 cm³/mol. The molecule has 2 amide bonds. The number of amides is 2. The van der Waals surface area contributed by atoms with Crippen LogP contribution in [0.3, 0.4) is 0 Å². The highest BCUT2D eigenvalue weighted by molar-refractivity contribution is 5.78. The minimum absolute atomic E-state index is 0.0731. The third kappa shape index (κ3) is 4.27. The van der Waals surface area contributed by atoms with Gasteiger partial charge in [-0.15, -0.1) is 0 Å². The topological polar surface area (TPSA) is 72.9 Å². The Labute approximate surface area is 167 Å². The molecule has 0 aromatic carbocycles. The first kappa shape index (κ1) is 20.5. The number of likely N-dealkylation sites (tertiary alicyclic amines) is 1. The molecule has 1 aromatic rings. The number of anilines is 1. The SMILES string of the molecule is CC(=O)N1CCc2nc([C@@H]3CCCCN3C(=O)CN(C)C)nc(N(C)C)c2C1. The van der Waals surface area contributed by atoms with Crippen LogP contribution in [0.5, 0.6) is 0 Å². The summed E-state index contributed by atoms with van der Waals surface area (Å²) >= 11 is 0. The molecule has 1 saturated heterocycles. The Morgan fingerprint density at radius 3 is 2.50 bits per heavy atom. The van der Waals surface area contributed by atoms with Crippen LogP contribution < -0.4 is 4.90 Å². The quantitative estimate of drug-likeness (QED) is 0.768. The number of carbonyl (C=O) groups is 2. The summed E-state index contributed by atoms with van der Waals surface area (Å²) in [5.41, 5.74) is 2.04. The number of rotatable bonds is 4. The Hall–Kier alpha value is -2.22. The van der Waals surface area contributed by atoms with Crippen LogP contribution in [-0.4, -0.2) is 84.3 Å². The van der Waals surface area contributed by atoms with E-state index in [1.807, 2.05) is 47.8 Å². The standard InChI is InChI=1S/C20H32N6O2/c1-14(27)25-11-9-16-15(12-25)20(24(4)5)22-19(21-16)17-8-6-7-10-26(17)18(28)13-23(2)3/h17H,6-13H2,1-5H3/t17-/m0/s1. The first-order chi connectivity index (χ1) is 13.3. The molecule has 2 aliphatic rings. The maximum atomic E-state index is 12.8. The first-order valence-electron chi connectivity index (χ1n) is 10.0. The Morgan fingerprint density at radius 2 is 1.86 bits per heavy atom. The van der Waals surface area contributed by atoms with Crippen LogP contribution in [0.1, 0.15) is 49.3 Å². The highest BCUT2D eigenvalue weighted by Gasteiger charge is 2.32. The number of hydrogen-bond donors (Lipinski definition) is 0. The second-order valence-corrected chi connectivity index (χ2v) is 8.25. The van der Waals surface area contributed by atoms with E-state index in [1.165, 1.54) is 0 Å². The van der Waals surface area contributed by atoms with Gasteiger partial charge < -0.3 is 19.6 Å². The van der Waals surface area contributed by atoms with Crippen molar-refractivity contribution in [3.8, 4) is 0 Å². The van der Waals surface area contributed by atoms with Crippen molar-refractivity contribution in [3.05, 3.63) is 17.1 Å². The van der Waals surface area contributed by atoms with Crippen LogP contribution in [0, 0.1) is 0 Å². The summed E-state index contributed by atoms with van der Waals surface area (Å²) in [5, 5.41) is 0. The highest BCUT2D eigenvalue weighted by Crippen LogP contribution is 2.33. The van der Waals surface area contributed by atoms with Gasteiger partial charge in [-0.25, -0.2) is 9.97 Å². The summed E-state index contributed by atoms with van der Waals surface area (Å²) in [5.74, 6) is 1.81. The van der Waals surface area contributed by atoms with Crippen LogP contribution in [0.25, 0.3) is 0 Å². The molecule has 2 aliphatic heterocycles. The maximum Gasteiger partial charge on any atom is 0.237 e. The second kappa shape index (κ2) is 8.43. The highest BCUT2D eigenvalue weighted by atomic mass is 16.2. The number of nitrogens with zero attached hydrogens (tertiary/aromatic N) is 6. The van der Waals surface area contributed by atoms with Gasteiger partial charge >= 0.3 is 0 Å². The fraction of sp³-hybridized carbons (Fsp3) is 0.700. The van der Waals surface area contributed by atoms with E-state index in [1.54, 1.807) is 6.92 Å². The van der Waals surface area contributed by atoms with Crippen LogP contribution in [-0.2, 0) is 22.6 Å². The summed E-state index contributed by atoms with van der Waals surface area (Å²) in [6.45, 7) is 3.99. The maximum absolute atomic E-state index is 12.8. The fourth-order valence-corrected chi connectivity index (χ4v) is 4.06. The van der Waals surface area contributed by atoms with Gasteiger partial charge in [0.25, 0.3) is 0 Å². The van der Waals surface area contributed by atoms with Gasteiger partial charge in [-0.3, -0.25) is 9.59 Å². The minimum atomic E-state index is -0.0731. The molecule has 154 valence electrons. The summed E-state index contributed by atoms with van der Waals surface area (Å²) in [7, 11) is 7.76. The molecule has 8 heteroatoms. The van der Waals surface area contributed by atoms with Gasteiger partial charge in [-0.2, -0.15) is 0 Å². The normalized spacial score (nSPS) is 19.6. The molecule has 1 atom stereocenters. The zero-order valence-electron chi connectivity index (χ0n) is 17.7. The number of likely N-dealkylation sites (N-methyl/N-ethyl adjacent to an activating group) is 1. The van der Waals surface area contributed by atoms with Crippen molar-refractivity contribution in [1.82, 2.24) is 24.7 Å². The van der Waals surface area contributed by atoms with Crippen molar-refractivity contribution in [2.75, 3.05) is 52.7 Å². The average Bonchev–Trinajstić information content (AvgIpc) is 2.65. The summed E-state index contributed by atoms with van der Waals surface area (Å²) in [6, 6.07) is -0.0731. The number of carbonyl (C=O) groups excluding carboxylic acids is 2. The van der Waals surface area contributed by atoms with Crippen molar-refractivity contribution in [2.45, 2.75) is 45.2 Å². The summed E-state index contributed by atoms with van der Waals surface area (Å²) < 4.78 is 0. The zero-order valence-corrected chi connectivity index (χ0v) is 17.7. The van der Waals surface area contributed by atoms with Crippen molar-refractivity contribution in [1.29, 1.82) is 0 Å². The molecule has 0 aliphatic carbocycles. The van der Waals surface area contributed by atoms with E-state index in [0.29, 0.717) is 19.6 Å². The second-order valence-electron chi connectivity index (χ2n) is 8.25. The van der Waals surface area contributed by atoms with E-state index in [4.69, 9.17) is 9.97 Å². The third-order valence-electron chi connectivity index (χ3n) is 5.50. The number of piperidine rings is 1. The van der Waals surface area contributed by atoms with E-state index in [-0.39, 0.29) is 17.9 Å². The molecular formula is C20H32N6O2. The molecule has 0 saturated carbocycles. The largest absolute Gasteiger partial charge is 0.362 e. The van der Waals surface area contributed by atoms with E-state index in [9.17, 15) is 9.59 Å². The van der Waals surface area contributed by atoms with Gasteiger partial charge in [-0.1, -0.05) is 0 Å². The molecular weight excluding hydrogens is 356 g/mol. The Kier molecular flexibility index (Phi) is 6.17. The molecule has 1 fully saturated rings. The molecule has 0 spiro atoms. The molecule has 1 aromatic heterocycles. The average molecular weight is 389 g/mol. The lowest BCUT2D eigenvalue weighted by Crippen LogP contribution is -2.44. The Morgan fingerprint density at radius 1 is 1.11 bits per heavy atom. The first-order valence-corrected chi connectivity index (χ1v) is 10.0. The number of fused-ring (bicyclic) bond motifs is 1. The summed E-state index contributed by atoms with van der Waals surface area (Å²) in [6.07, 6.45) is 3.72. The minimum Gasteiger partial charge on any atom is -0.362 e. The predicted octanol–water partition coefficient (Wildman–Crippen LogP) is 1.06. The van der Waals surface area contributed by atoms with Crippen LogP contribution in [0.2, 0.25) is 0 Å². The molecule has 0 unspecified atom stereocenters. The van der Waals surface area contributed by atoms with E-state index in [2.05, 4.69) is 0 Å². The van der Waals surface area contributed by atoms with Gasteiger partial charge in [0.1, 0.15) is 5.82 Å². The zero-order chi connectivity index (χ0) is 20.4. The molecule has 28 heavy (non-hydrogen) atoms. The van der Waals surface area contributed by atoms with E-state index < -0.39 is 0 Å². The lowest BCUT2D eigenvalue weighted by Gasteiger charge is -2.37. The van der Waals surface area contributed by atoms with Crippen molar-refractivity contribution < 1.29 is 9.59 Å². The Bertz CT molecular complexity index is 748. The van der Waals surface area contributed by atoms with E-state index in [0.717, 1.165) is 55.1 Å². The van der Waals surface area contributed by atoms with E-state index >= 15 is 0 Å². The van der Waals surface area contributed by atoms with Gasteiger partial charge in [0, 0.05) is 46.1 Å². The van der Waals surface area contributed by atoms with Gasteiger partial charge in [0.05, 0.1) is 24.8 Å².